The molecule has 4 heterocycles. The highest BCUT2D eigenvalue weighted by Gasteiger charge is 2.22. The Morgan fingerprint density at radius 2 is 1.72 bits per heavy atom. The average molecular weight is 582 g/mol. The molecular formula is C31H32FN9O2. The Balaban J connectivity index is 1.49. The minimum atomic E-state index is -0.709. The lowest BCUT2D eigenvalue weighted by Crippen LogP contribution is -2.25. The second-order valence-electron chi connectivity index (χ2n) is 11.3. The minimum Gasteiger partial charge on any atom is -0.357 e. The van der Waals surface area contributed by atoms with Crippen LogP contribution in [0.15, 0.2) is 66.0 Å². The summed E-state index contributed by atoms with van der Waals surface area (Å²) in [4.78, 5) is 48.8. The average Bonchev–Trinajstić information content (AvgIpc) is 2.97. The van der Waals surface area contributed by atoms with Gasteiger partial charge in [-0.1, -0.05) is 26.8 Å². The SMILES string of the molecule is CNc1ncc2cc(-c3ccc(F)c(NC(=O)Nc4cnc(C(C)(C)C)nc4-c4cccnc4)c3)c(=O)n(C(C)C)c2n1. The van der Waals surface area contributed by atoms with Crippen molar-refractivity contribution in [1.82, 2.24) is 29.5 Å². The van der Waals surface area contributed by atoms with Crippen molar-refractivity contribution in [3.63, 3.8) is 0 Å². The maximum Gasteiger partial charge on any atom is 0.323 e. The summed E-state index contributed by atoms with van der Waals surface area (Å²) in [5.74, 6) is 0.308. The first-order valence-corrected chi connectivity index (χ1v) is 13.7. The molecule has 0 fully saturated rings. The van der Waals surface area contributed by atoms with E-state index in [0.29, 0.717) is 50.9 Å². The van der Waals surface area contributed by atoms with Gasteiger partial charge in [0.15, 0.2) is 0 Å². The van der Waals surface area contributed by atoms with Gasteiger partial charge in [0, 0.05) is 53.6 Å². The lowest BCUT2D eigenvalue weighted by molar-refractivity contribution is 0.262. The smallest absolute Gasteiger partial charge is 0.323 e. The van der Waals surface area contributed by atoms with Gasteiger partial charge >= 0.3 is 6.03 Å². The van der Waals surface area contributed by atoms with Crippen LogP contribution in [0.1, 0.15) is 46.5 Å². The minimum absolute atomic E-state index is 0.109. The molecule has 0 aliphatic rings. The number of carbonyl (C=O) groups excluding carboxylic acids is 1. The molecule has 0 saturated heterocycles. The maximum atomic E-state index is 15.0. The lowest BCUT2D eigenvalue weighted by atomic mass is 9.95. The predicted molar refractivity (Wildman–Crippen MR) is 166 cm³/mol. The van der Waals surface area contributed by atoms with Crippen LogP contribution in [0, 0.1) is 5.82 Å². The van der Waals surface area contributed by atoms with E-state index in [1.54, 1.807) is 42.3 Å². The molecule has 0 bridgehead atoms. The fourth-order valence-electron chi connectivity index (χ4n) is 4.55. The van der Waals surface area contributed by atoms with Crippen LogP contribution in [-0.4, -0.2) is 42.6 Å². The Morgan fingerprint density at radius 1 is 0.953 bits per heavy atom. The first-order valence-electron chi connectivity index (χ1n) is 13.7. The monoisotopic (exact) mass is 581 g/mol. The fourth-order valence-corrected chi connectivity index (χ4v) is 4.55. The number of nitrogens with zero attached hydrogens (tertiary/aromatic N) is 6. The summed E-state index contributed by atoms with van der Waals surface area (Å²) in [6, 6.07) is 8.47. The number of urea groups is 1. The number of hydrogen-bond donors (Lipinski definition) is 3. The Morgan fingerprint density at radius 3 is 2.40 bits per heavy atom. The van der Waals surface area contributed by atoms with Crippen molar-refractivity contribution in [1.29, 1.82) is 0 Å². The van der Waals surface area contributed by atoms with E-state index in [-0.39, 0.29) is 22.7 Å². The molecule has 0 radical (unpaired) electrons. The molecule has 0 atom stereocenters. The molecule has 3 N–H and O–H groups in total. The number of fused-ring (bicyclic) bond motifs is 1. The van der Waals surface area contributed by atoms with Gasteiger partial charge in [-0.3, -0.25) is 14.3 Å². The van der Waals surface area contributed by atoms with E-state index in [4.69, 9.17) is 4.98 Å². The molecule has 43 heavy (non-hydrogen) atoms. The number of carbonyl (C=O) groups is 1. The van der Waals surface area contributed by atoms with Crippen LogP contribution in [0.2, 0.25) is 0 Å². The third-order valence-corrected chi connectivity index (χ3v) is 6.68. The molecule has 0 unspecified atom stereocenters. The van der Waals surface area contributed by atoms with E-state index in [2.05, 4.69) is 35.9 Å². The molecule has 4 aromatic heterocycles. The number of anilines is 3. The molecule has 12 heteroatoms. The van der Waals surface area contributed by atoms with Crippen molar-refractivity contribution in [2.24, 2.45) is 0 Å². The molecule has 0 aliphatic carbocycles. The van der Waals surface area contributed by atoms with E-state index >= 15 is 0 Å². The summed E-state index contributed by atoms with van der Waals surface area (Å²) >= 11 is 0. The highest BCUT2D eigenvalue weighted by Crippen LogP contribution is 2.30. The highest BCUT2D eigenvalue weighted by atomic mass is 19.1. The van der Waals surface area contributed by atoms with E-state index in [1.807, 2.05) is 40.7 Å². The number of halogens is 1. The van der Waals surface area contributed by atoms with E-state index < -0.39 is 11.8 Å². The number of pyridine rings is 2. The number of amides is 2. The second kappa shape index (κ2) is 11.6. The van der Waals surface area contributed by atoms with Gasteiger partial charge in [0.2, 0.25) is 5.95 Å². The number of hydrogen-bond acceptors (Lipinski definition) is 8. The predicted octanol–water partition coefficient (Wildman–Crippen LogP) is 6.01. The van der Waals surface area contributed by atoms with Crippen molar-refractivity contribution in [3.8, 4) is 22.4 Å². The van der Waals surface area contributed by atoms with Crippen LogP contribution in [0.4, 0.5) is 26.5 Å². The van der Waals surface area contributed by atoms with Gasteiger partial charge in [-0.25, -0.2) is 24.1 Å². The Hall–Kier alpha value is -5.26. The van der Waals surface area contributed by atoms with Gasteiger partial charge in [0.05, 0.1) is 23.3 Å². The molecular weight excluding hydrogens is 549 g/mol. The topological polar surface area (TPSA) is 140 Å². The fraction of sp³-hybridized carbons (Fsp3) is 0.258. The molecule has 11 nitrogen and oxygen atoms in total. The first-order chi connectivity index (χ1) is 20.5. The number of benzene rings is 1. The molecule has 1 aromatic carbocycles. The van der Waals surface area contributed by atoms with Gasteiger partial charge in [0.25, 0.3) is 5.56 Å². The van der Waals surface area contributed by atoms with Gasteiger partial charge < -0.3 is 16.0 Å². The summed E-state index contributed by atoms with van der Waals surface area (Å²) < 4.78 is 16.5. The van der Waals surface area contributed by atoms with Crippen molar-refractivity contribution in [2.75, 3.05) is 23.0 Å². The lowest BCUT2D eigenvalue weighted by Gasteiger charge is -2.19. The molecule has 5 rings (SSSR count). The van der Waals surface area contributed by atoms with E-state index in [9.17, 15) is 14.0 Å². The highest BCUT2D eigenvalue weighted by molar-refractivity contribution is 6.02. The van der Waals surface area contributed by atoms with E-state index in [1.165, 1.54) is 24.4 Å². The van der Waals surface area contributed by atoms with Crippen LogP contribution in [0.5, 0.6) is 0 Å². The molecule has 0 saturated carbocycles. The largest absolute Gasteiger partial charge is 0.357 e. The van der Waals surface area contributed by atoms with Gasteiger partial charge in [-0.15, -0.1) is 0 Å². The van der Waals surface area contributed by atoms with E-state index in [0.717, 1.165) is 0 Å². The van der Waals surface area contributed by atoms with Crippen LogP contribution in [-0.2, 0) is 5.41 Å². The zero-order valence-electron chi connectivity index (χ0n) is 24.7. The Bertz CT molecular complexity index is 1880. The first kappa shape index (κ1) is 29.2. The van der Waals surface area contributed by atoms with Crippen LogP contribution in [0.25, 0.3) is 33.4 Å². The number of aromatic nitrogens is 6. The zero-order valence-corrected chi connectivity index (χ0v) is 24.7. The third-order valence-electron chi connectivity index (χ3n) is 6.68. The van der Waals surface area contributed by atoms with Crippen molar-refractivity contribution < 1.29 is 9.18 Å². The van der Waals surface area contributed by atoms with Crippen molar-refractivity contribution >= 4 is 34.4 Å². The van der Waals surface area contributed by atoms with Crippen LogP contribution >= 0.6 is 0 Å². The second-order valence-corrected chi connectivity index (χ2v) is 11.3. The van der Waals surface area contributed by atoms with Crippen molar-refractivity contribution in [3.05, 3.63) is 83.2 Å². The summed E-state index contributed by atoms with van der Waals surface area (Å²) in [5.41, 5.74) is 1.95. The quantitative estimate of drug-likeness (QED) is 0.221. The summed E-state index contributed by atoms with van der Waals surface area (Å²) in [6.07, 6.45) is 6.43. The van der Waals surface area contributed by atoms with Crippen LogP contribution in [0.3, 0.4) is 0 Å². The normalized spacial score (nSPS) is 11.5. The molecule has 0 spiro atoms. The standard InChI is InChI=1S/C31H32FN9O2/c1-17(2)41-26-20(15-36-29(33-6)40-26)12-21(27(41)42)18-9-10-22(32)23(13-18)37-30(43)38-24-16-35-28(31(3,4)5)39-25(24)19-8-7-11-34-14-19/h7-17H,1-6H3,(H,33,36,40)(H2,37,38,43). The number of rotatable bonds is 6. The molecule has 0 aliphatic heterocycles. The Labute approximate surface area is 247 Å². The maximum absolute atomic E-state index is 15.0. The van der Waals surface area contributed by atoms with Gasteiger partial charge in [-0.2, -0.15) is 4.98 Å². The van der Waals surface area contributed by atoms with Gasteiger partial charge in [0.1, 0.15) is 17.3 Å². The van der Waals surface area contributed by atoms with Crippen LogP contribution < -0.4 is 21.5 Å². The summed E-state index contributed by atoms with van der Waals surface area (Å²) in [7, 11) is 1.70. The zero-order chi connectivity index (χ0) is 30.9. The molecule has 5 aromatic rings. The van der Waals surface area contributed by atoms with Crippen molar-refractivity contribution in [2.45, 2.75) is 46.1 Å². The summed E-state index contributed by atoms with van der Waals surface area (Å²) in [5, 5.41) is 8.82. The molecule has 2 amide bonds. The van der Waals surface area contributed by atoms with Gasteiger partial charge in [-0.05, 0) is 49.7 Å². The third kappa shape index (κ3) is 6.03. The summed E-state index contributed by atoms with van der Waals surface area (Å²) in [6.45, 7) is 9.73. The molecule has 220 valence electrons. The Kier molecular flexibility index (Phi) is 7.85. The number of nitrogens with one attached hydrogen (secondary N) is 3.